The molecule has 0 spiro atoms. The number of pyridine rings is 1. The van der Waals surface area contributed by atoms with Crippen LogP contribution in [0.5, 0.6) is 0 Å². The van der Waals surface area contributed by atoms with E-state index >= 15 is 0 Å². The number of aromatic nitrogens is 3. The zero-order valence-electron chi connectivity index (χ0n) is 11.1. The van der Waals surface area contributed by atoms with Gasteiger partial charge in [-0.2, -0.15) is 9.50 Å². The fraction of sp³-hybridized carbons (Fsp3) is 0.0714. The van der Waals surface area contributed by atoms with Crippen LogP contribution in [-0.4, -0.2) is 25.1 Å². The molecule has 0 bridgehead atoms. The van der Waals surface area contributed by atoms with Crippen LogP contribution in [0.3, 0.4) is 0 Å². The molecule has 104 valence electrons. The fourth-order valence-corrected chi connectivity index (χ4v) is 3.42. The molecule has 1 aromatic carbocycles. The molecule has 1 aliphatic heterocycles. The van der Waals surface area contributed by atoms with Crippen molar-refractivity contribution in [1.29, 1.82) is 0 Å². The summed E-state index contributed by atoms with van der Waals surface area (Å²) in [6, 6.07) is 9.45. The first kappa shape index (κ1) is 12.2. The van der Waals surface area contributed by atoms with Crippen LogP contribution in [0.25, 0.3) is 11.0 Å². The van der Waals surface area contributed by atoms with Gasteiger partial charge in [0.05, 0.1) is 16.1 Å². The van der Waals surface area contributed by atoms with Crippen LogP contribution in [-0.2, 0) is 11.0 Å². The van der Waals surface area contributed by atoms with Crippen molar-refractivity contribution in [2.75, 3.05) is 5.32 Å². The first-order valence-electron chi connectivity index (χ1n) is 6.40. The number of hydrogen-bond donors (Lipinski definition) is 2. The van der Waals surface area contributed by atoms with Crippen LogP contribution in [0, 0.1) is 0 Å². The molecule has 0 aliphatic carbocycles. The number of H-pyrrole nitrogens is 1. The largest absolute Gasteiger partial charge is 0.337 e. The number of benzene rings is 1. The van der Waals surface area contributed by atoms with E-state index in [0.717, 1.165) is 32.9 Å². The van der Waals surface area contributed by atoms with Gasteiger partial charge < -0.3 is 5.32 Å². The zero-order valence-corrected chi connectivity index (χ0v) is 11.9. The third-order valence-electron chi connectivity index (χ3n) is 3.36. The van der Waals surface area contributed by atoms with Gasteiger partial charge in [0.25, 0.3) is 0 Å². The predicted octanol–water partition coefficient (Wildman–Crippen LogP) is 2.55. The van der Waals surface area contributed by atoms with E-state index in [9.17, 15) is 4.21 Å². The molecule has 21 heavy (non-hydrogen) atoms. The van der Waals surface area contributed by atoms with Crippen molar-refractivity contribution in [2.24, 2.45) is 4.40 Å². The molecule has 6 nitrogen and oxygen atoms in total. The van der Waals surface area contributed by atoms with E-state index in [1.807, 2.05) is 37.3 Å². The number of nitrogens with zero attached hydrogens (tertiary/aromatic N) is 3. The molecule has 7 heteroatoms. The normalized spacial score (nSPS) is 16.8. The average Bonchev–Trinajstić information content (AvgIpc) is 3.02. The van der Waals surface area contributed by atoms with Crippen LogP contribution >= 0.6 is 0 Å². The van der Waals surface area contributed by atoms with Gasteiger partial charge in [-0.3, -0.25) is 10.1 Å². The number of aromatic amines is 1. The Hall–Kier alpha value is -2.54. The molecule has 1 atom stereocenters. The summed E-state index contributed by atoms with van der Waals surface area (Å²) in [4.78, 5) is 5.03. The SMILES string of the molecule is CC1=NS(=O)c2cc(Nc3n[nH]c4cccnc34)ccc21. The number of nitrogens with one attached hydrogen (secondary N) is 2. The maximum Gasteiger partial charge on any atom is 0.178 e. The van der Waals surface area contributed by atoms with Crippen molar-refractivity contribution in [2.45, 2.75) is 11.8 Å². The monoisotopic (exact) mass is 297 g/mol. The van der Waals surface area contributed by atoms with Gasteiger partial charge in [-0.1, -0.05) is 0 Å². The number of anilines is 2. The fourth-order valence-electron chi connectivity index (χ4n) is 2.34. The molecule has 0 fully saturated rings. The van der Waals surface area contributed by atoms with Gasteiger partial charge in [-0.05, 0) is 37.3 Å². The standard InChI is InChI=1S/C14H11N5OS/c1-8-10-5-4-9(7-12(10)21(20)19-8)16-14-13-11(17-18-14)3-2-6-15-13/h2-7H,1H3,(H2,16,17,18). The second kappa shape index (κ2) is 4.49. The molecule has 0 radical (unpaired) electrons. The van der Waals surface area contributed by atoms with Gasteiger partial charge in [0, 0.05) is 17.4 Å². The molecule has 2 N–H and O–H groups in total. The smallest absolute Gasteiger partial charge is 0.178 e. The van der Waals surface area contributed by atoms with Crippen molar-refractivity contribution in [1.82, 2.24) is 15.2 Å². The molecule has 3 heterocycles. The molecule has 2 aromatic heterocycles. The summed E-state index contributed by atoms with van der Waals surface area (Å²) in [6.07, 6.45) is 1.72. The van der Waals surface area contributed by atoms with Gasteiger partial charge in [0.15, 0.2) is 16.8 Å². The number of rotatable bonds is 2. The first-order valence-corrected chi connectivity index (χ1v) is 7.51. The maximum absolute atomic E-state index is 11.9. The summed E-state index contributed by atoms with van der Waals surface area (Å²) >= 11 is 0. The molecule has 3 aromatic rings. The van der Waals surface area contributed by atoms with Gasteiger partial charge in [0.2, 0.25) is 0 Å². The van der Waals surface area contributed by atoms with Crippen LogP contribution in [0.15, 0.2) is 45.8 Å². The molecule has 4 rings (SSSR count). The second-order valence-electron chi connectivity index (χ2n) is 4.73. The number of hydrogen-bond acceptors (Lipinski definition) is 4. The summed E-state index contributed by atoms with van der Waals surface area (Å²) in [6.45, 7) is 1.86. The molecule has 0 saturated heterocycles. The summed E-state index contributed by atoms with van der Waals surface area (Å²) < 4.78 is 16.0. The van der Waals surface area contributed by atoms with Crippen molar-refractivity contribution in [3.8, 4) is 0 Å². The van der Waals surface area contributed by atoms with Crippen LogP contribution < -0.4 is 5.32 Å². The van der Waals surface area contributed by atoms with Crippen LogP contribution in [0.4, 0.5) is 11.5 Å². The topological polar surface area (TPSA) is 83.0 Å². The quantitative estimate of drug-likeness (QED) is 0.761. The Morgan fingerprint density at radius 1 is 1.29 bits per heavy atom. The Morgan fingerprint density at radius 2 is 2.19 bits per heavy atom. The molecular formula is C14H11N5OS. The molecular weight excluding hydrogens is 286 g/mol. The van der Waals surface area contributed by atoms with Crippen molar-refractivity contribution in [3.05, 3.63) is 42.1 Å². The highest BCUT2D eigenvalue weighted by Gasteiger charge is 2.19. The van der Waals surface area contributed by atoms with Gasteiger partial charge in [-0.15, -0.1) is 0 Å². The lowest BCUT2D eigenvalue weighted by Crippen LogP contribution is -1.96. The highest BCUT2D eigenvalue weighted by atomic mass is 32.2. The Labute approximate surface area is 122 Å². The minimum absolute atomic E-state index is 0.645. The third kappa shape index (κ3) is 1.93. The lowest BCUT2D eigenvalue weighted by molar-refractivity contribution is 0.685. The Bertz CT molecular complexity index is 915. The predicted molar refractivity (Wildman–Crippen MR) is 82.2 cm³/mol. The molecule has 0 saturated carbocycles. The van der Waals surface area contributed by atoms with Gasteiger partial charge in [0.1, 0.15) is 5.52 Å². The zero-order chi connectivity index (χ0) is 14.4. The summed E-state index contributed by atoms with van der Waals surface area (Å²) in [7, 11) is -1.31. The van der Waals surface area contributed by atoms with Crippen LogP contribution in [0.2, 0.25) is 0 Å². The molecule has 1 aliphatic rings. The van der Waals surface area contributed by atoms with Crippen molar-refractivity contribution >= 4 is 39.2 Å². The molecule has 1 unspecified atom stereocenters. The summed E-state index contributed by atoms with van der Waals surface area (Å²) in [5.74, 6) is 0.645. The van der Waals surface area contributed by atoms with E-state index in [1.54, 1.807) is 6.20 Å². The van der Waals surface area contributed by atoms with E-state index < -0.39 is 11.0 Å². The summed E-state index contributed by atoms with van der Waals surface area (Å²) in [5.41, 5.74) is 4.19. The van der Waals surface area contributed by atoms with E-state index in [2.05, 4.69) is 24.9 Å². The first-order chi connectivity index (χ1) is 10.2. The van der Waals surface area contributed by atoms with Crippen molar-refractivity contribution in [3.63, 3.8) is 0 Å². The van der Waals surface area contributed by atoms with Gasteiger partial charge >= 0.3 is 0 Å². The summed E-state index contributed by atoms with van der Waals surface area (Å²) in [5, 5.41) is 10.3. The Morgan fingerprint density at radius 3 is 3.10 bits per heavy atom. The van der Waals surface area contributed by atoms with Crippen LogP contribution in [0.1, 0.15) is 12.5 Å². The highest BCUT2D eigenvalue weighted by Crippen LogP contribution is 2.28. The van der Waals surface area contributed by atoms with Gasteiger partial charge in [-0.25, -0.2) is 4.21 Å². The Balaban J connectivity index is 1.73. The van der Waals surface area contributed by atoms with E-state index in [1.165, 1.54) is 0 Å². The minimum Gasteiger partial charge on any atom is -0.337 e. The lowest BCUT2D eigenvalue weighted by atomic mass is 10.1. The van der Waals surface area contributed by atoms with E-state index in [0.29, 0.717) is 5.82 Å². The number of fused-ring (bicyclic) bond motifs is 2. The lowest BCUT2D eigenvalue weighted by Gasteiger charge is -2.05. The third-order valence-corrected chi connectivity index (χ3v) is 4.52. The highest BCUT2D eigenvalue weighted by molar-refractivity contribution is 7.84. The van der Waals surface area contributed by atoms with Crippen molar-refractivity contribution < 1.29 is 4.21 Å². The average molecular weight is 297 g/mol. The van der Waals surface area contributed by atoms with E-state index in [4.69, 9.17) is 0 Å². The maximum atomic E-state index is 11.9. The molecule has 0 amide bonds. The second-order valence-corrected chi connectivity index (χ2v) is 5.85. The Kier molecular flexibility index (Phi) is 2.61. The van der Waals surface area contributed by atoms with E-state index in [-0.39, 0.29) is 0 Å². The minimum atomic E-state index is -1.31.